The number of hydrogen-bond acceptors (Lipinski definition) is 2. The molecule has 0 amide bonds. The number of rotatable bonds is 5. The molecular formula is C24H19ClN2O. The lowest BCUT2D eigenvalue weighted by Crippen LogP contribution is -1.93. The van der Waals surface area contributed by atoms with Crippen LogP contribution in [0.15, 0.2) is 96.1 Å². The Hall–Kier alpha value is -3.30. The van der Waals surface area contributed by atoms with Gasteiger partial charge in [-0.25, -0.2) is 0 Å². The summed E-state index contributed by atoms with van der Waals surface area (Å²) in [5.41, 5.74) is 4.21. The van der Waals surface area contributed by atoms with Crippen LogP contribution in [0.4, 0.5) is 5.69 Å². The molecule has 4 aromatic rings. The van der Waals surface area contributed by atoms with Gasteiger partial charge in [0.25, 0.3) is 0 Å². The van der Waals surface area contributed by atoms with Crippen molar-refractivity contribution in [2.45, 2.75) is 6.92 Å². The Balaban J connectivity index is 1.47. The molecule has 3 aromatic carbocycles. The van der Waals surface area contributed by atoms with Crippen molar-refractivity contribution in [1.29, 1.82) is 0 Å². The van der Waals surface area contributed by atoms with Crippen molar-refractivity contribution in [3.8, 4) is 17.2 Å². The number of ether oxygens (including phenoxy) is 1. The number of aliphatic imine (C=N–C) groups is 1. The lowest BCUT2D eigenvalue weighted by atomic mass is 10.3. The SMILES string of the molecule is Cc1cc(C=Nc2ccc(Oc3ccccc3Cl)cc2)cn1-c1ccccc1. The molecule has 0 aliphatic carbocycles. The van der Waals surface area contributed by atoms with Gasteiger partial charge in [-0.05, 0) is 61.5 Å². The molecule has 0 aliphatic heterocycles. The van der Waals surface area contributed by atoms with Crippen LogP contribution in [0.3, 0.4) is 0 Å². The molecule has 0 aliphatic rings. The summed E-state index contributed by atoms with van der Waals surface area (Å²) in [6, 6.07) is 27.4. The van der Waals surface area contributed by atoms with Crippen LogP contribution in [-0.2, 0) is 0 Å². The smallest absolute Gasteiger partial charge is 0.146 e. The van der Waals surface area contributed by atoms with Crippen LogP contribution in [-0.4, -0.2) is 10.8 Å². The van der Waals surface area contributed by atoms with E-state index in [-0.39, 0.29) is 0 Å². The van der Waals surface area contributed by atoms with Crippen molar-refractivity contribution in [3.05, 3.63) is 107 Å². The minimum absolute atomic E-state index is 0.586. The maximum absolute atomic E-state index is 6.13. The fourth-order valence-corrected chi connectivity index (χ4v) is 3.11. The Labute approximate surface area is 169 Å². The predicted octanol–water partition coefficient (Wildman–Crippen LogP) is 6.98. The average Bonchev–Trinajstić information content (AvgIpc) is 3.10. The van der Waals surface area contributed by atoms with Crippen molar-refractivity contribution in [2.75, 3.05) is 0 Å². The summed E-state index contributed by atoms with van der Waals surface area (Å²) in [6.45, 7) is 2.09. The normalized spacial score (nSPS) is 11.1. The van der Waals surface area contributed by atoms with E-state index in [1.54, 1.807) is 6.07 Å². The zero-order valence-corrected chi connectivity index (χ0v) is 16.2. The van der Waals surface area contributed by atoms with E-state index in [9.17, 15) is 0 Å². The lowest BCUT2D eigenvalue weighted by molar-refractivity contribution is 0.483. The monoisotopic (exact) mass is 386 g/mol. The second-order valence-electron chi connectivity index (χ2n) is 6.40. The summed E-state index contributed by atoms with van der Waals surface area (Å²) in [5, 5.41) is 0.586. The third kappa shape index (κ3) is 4.16. The molecule has 0 atom stereocenters. The summed E-state index contributed by atoms with van der Waals surface area (Å²) in [6.07, 6.45) is 3.96. The van der Waals surface area contributed by atoms with E-state index in [0.29, 0.717) is 10.8 Å². The molecule has 28 heavy (non-hydrogen) atoms. The van der Waals surface area contributed by atoms with Crippen LogP contribution >= 0.6 is 11.6 Å². The molecule has 0 saturated heterocycles. The molecule has 138 valence electrons. The fourth-order valence-electron chi connectivity index (χ4n) is 2.94. The molecule has 4 heteroatoms. The summed E-state index contributed by atoms with van der Waals surface area (Å²) >= 11 is 6.13. The van der Waals surface area contributed by atoms with Crippen molar-refractivity contribution in [3.63, 3.8) is 0 Å². The average molecular weight is 387 g/mol. The number of benzene rings is 3. The van der Waals surface area contributed by atoms with Gasteiger partial charge in [0, 0.05) is 29.4 Å². The first-order valence-corrected chi connectivity index (χ1v) is 9.38. The Morgan fingerprint density at radius 3 is 2.36 bits per heavy atom. The van der Waals surface area contributed by atoms with Gasteiger partial charge < -0.3 is 9.30 Å². The number of aryl methyl sites for hydroxylation is 1. The predicted molar refractivity (Wildman–Crippen MR) is 116 cm³/mol. The van der Waals surface area contributed by atoms with E-state index in [2.05, 4.69) is 40.9 Å². The highest BCUT2D eigenvalue weighted by molar-refractivity contribution is 6.32. The van der Waals surface area contributed by atoms with Crippen LogP contribution in [0, 0.1) is 6.92 Å². The summed E-state index contributed by atoms with van der Waals surface area (Å²) in [5.74, 6) is 1.36. The van der Waals surface area contributed by atoms with Gasteiger partial charge in [0.1, 0.15) is 11.5 Å². The molecule has 0 N–H and O–H groups in total. The molecule has 4 rings (SSSR count). The molecule has 3 nitrogen and oxygen atoms in total. The van der Waals surface area contributed by atoms with Crippen molar-refractivity contribution >= 4 is 23.5 Å². The lowest BCUT2D eigenvalue weighted by Gasteiger charge is -2.07. The van der Waals surface area contributed by atoms with Gasteiger partial charge in [-0.1, -0.05) is 41.9 Å². The molecule has 0 radical (unpaired) electrons. The first kappa shape index (κ1) is 18.1. The largest absolute Gasteiger partial charge is 0.456 e. The molecular weight excluding hydrogens is 368 g/mol. The van der Waals surface area contributed by atoms with Gasteiger partial charge in [0.05, 0.1) is 10.7 Å². The third-order valence-corrected chi connectivity index (χ3v) is 4.64. The second-order valence-corrected chi connectivity index (χ2v) is 6.81. The van der Waals surface area contributed by atoms with Gasteiger partial charge in [0.2, 0.25) is 0 Å². The van der Waals surface area contributed by atoms with E-state index in [1.165, 1.54) is 0 Å². The van der Waals surface area contributed by atoms with Gasteiger partial charge in [-0.3, -0.25) is 4.99 Å². The topological polar surface area (TPSA) is 26.5 Å². The molecule has 1 aromatic heterocycles. The maximum atomic E-state index is 6.13. The Kier molecular flexibility index (Phi) is 5.27. The first-order valence-electron chi connectivity index (χ1n) is 9.00. The first-order chi connectivity index (χ1) is 13.7. The Morgan fingerprint density at radius 1 is 0.893 bits per heavy atom. The quantitative estimate of drug-likeness (QED) is 0.340. The van der Waals surface area contributed by atoms with E-state index in [1.807, 2.05) is 66.9 Å². The van der Waals surface area contributed by atoms with E-state index in [4.69, 9.17) is 16.3 Å². The third-order valence-electron chi connectivity index (χ3n) is 4.33. The minimum Gasteiger partial charge on any atom is -0.456 e. The summed E-state index contributed by atoms with van der Waals surface area (Å²) in [7, 11) is 0. The summed E-state index contributed by atoms with van der Waals surface area (Å²) < 4.78 is 7.96. The zero-order chi connectivity index (χ0) is 19.3. The molecule has 0 unspecified atom stereocenters. The van der Waals surface area contributed by atoms with Gasteiger partial charge in [-0.15, -0.1) is 0 Å². The Bertz CT molecular complexity index is 1100. The molecule has 0 spiro atoms. The molecule has 0 fully saturated rings. The molecule has 0 bridgehead atoms. The van der Waals surface area contributed by atoms with Crippen LogP contribution in [0.25, 0.3) is 5.69 Å². The second kappa shape index (κ2) is 8.15. The number of halogens is 1. The number of para-hydroxylation sites is 2. The fraction of sp³-hybridized carbons (Fsp3) is 0.0417. The number of aromatic nitrogens is 1. The highest BCUT2D eigenvalue weighted by Crippen LogP contribution is 2.29. The Morgan fingerprint density at radius 2 is 1.61 bits per heavy atom. The van der Waals surface area contributed by atoms with Gasteiger partial charge in [0.15, 0.2) is 0 Å². The van der Waals surface area contributed by atoms with Crippen molar-refractivity contribution < 1.29 is 4.74 Å². The highest BCUT2D eigenvalue weighted by atomic mass is 35.5. The number of nitrogens with zero attached hydrogens (tertiary/aromatic N) is 2. The van der Waals surface area contributed by atoms with Crippen molar-refractivity contribution in [2.24, 2.45) is 4.99 Å². The molecule has 1 heterocycles. The van der Waals surface area contributed by atoms with E-state index < -0.39 is 0 Å². The minimum atomic E-state index is 0.586. The highest BCUT2D eigenvalue weighted by Gasteiger charge is 2.03. The number of hydrogen-bond donors (Lipinski definition) is 0. The van der Waals surface area contributed by atoms with E-state index in [0.717, 1.165) is 28.4 Å². The van der Waals surface area contributed by atoms with Crippen LogP contribution in [0.2, 0.25) is 5.02 Å². The molecule has 0 saturated carbocycles. The maximum Gasteiger partial charge on any atom is 0.146 e. The summed E-state index contributed by atoms with van der Waals surface area (Å²) in [4.78, 5) is 4.57. The van der Waals surface area contributed by atoms with Crippen LogP contribution < -0.4 is 4.74 Å². The van der Waals surface area contributed by atoms with Gasteiger partial charge >= 0.3 is 0 Å². The standard InChI is InChI=1S/C24H19ClN2O/c1-18-15-19(17-27(18)21-7-3-2-4-8-21)16-26-20-11-13-22(14-12-20)28-24-10-6-5-9-23(24)25/h2-17H,1H3. The van der Waals surface area contributed by atoms with Crippen LogP contribution in [0.5, 0.6) is 11.5 Å². The van der Waals surface area contributed by atoms with Crippen LogP contribution in [0.1, 0.15) is 11.3 Å². The van der Waals surface area contributed by atoms with E-state index >= 15 is 0 Å². The van der Waals surface area contributed by atoms with Crippen molar-refractivity contribution in [1.82, 2.24) is 4.57 Å². The van der Waals surface area contributed by atoms with Gasteiger partial charge in [-0.2, -0.15) is 0 Å². The zero-order valence-electron chi connectivity index (χ0n) is 15.4.